The first-order chi connectivity index (χ1) is 8.92. The van der Waals surface area contributed by atoms with Crippen molar-refractivity contribution in [1.82, 2.24) is 0 Å². The van der Waals surface area contributed by atoms with Gasteiger partial charge < -0.3 is 4.74 Å². The molecule has 0 saturated heterocycles. The molecule has 0 amide bonds. The number of rotatable bonds is 8. The van der Waals surface area contributed by atoms with E-state index >= 15 is 0 Å². The summed E-state index contributed by atoms with van der Waals surface area (Å²) in [6, 6.07) is 5.85. The van der Waals surface area contributed by atoms with Gasteiger partial charge in [-0.3, -0.25) is 0 Å². The van der Waals surface area contributed by atoms with Gasteiger partial charge in [-0.1, -0.05) is 0 Å². The molecule has 0 aliphatic heterocycles. The van der Waals surface area contributed by atoms with E-state index in [9.17, 15) is 22.0 Å². The van der Waals surface area contributed by atoms with Crippen molar-refractivity contribution >= 4 is 11.8 Å². The molecule has 0 N–H and O–H groups in total. The summed E-state index contributed by atoms with van der Waals surface area (Å²) in [4.78, 5) is 0.847. The first-order valence-electron chi connectivity index (χ1n) is 5.54. The zero-order valence-corrected chi connectivity index (χ0v) is 10.7. The number of thioether (sulfide) groups is 1. The Labute approximate surface area is 112 Å². The largest absolute Gasteiger partial charge is 0.375 e. The van der Waals surface area contributed by atoms with Crippen molar-refractivity contribution in [3.05, 3.63) is 30.1 Å². The highest BCUT2D eigenvalue weighted by molar-refractivity contribution is 7.99. The fourth-order valence-electron chi connectivity index (χ4n) is 1.15. The van der Waals surface area contributed by atoms with Crippen LogP contribution in [0.3, 0.4) is 0 Å². The lowest BCUT2D eigenvalue weighted by molar-refractivity contribution is -0.165. The number of benzene rings is 1. The molecule has 0 aliphatic rings. The van der Waals surface area contributed by atoms with Crippen LogP contribution in [-0.4, -0.2) is 31.3 Å². The van der Waals surface area contributed by atoms with Gasteiger partial charge in [0.15, 0.2) is 0 Å². The van der Waals surface area contributed by atoms with Crippen molar-refractivity contribution in [2.24, 2.45) is 0 Å². The summed E-state index contributed by atoms with van der Waals surface area (Å²) in [6.45, 7) is -1.29. The van der Waals surface area contributed by atoms with Crippen molar-refractivity contribution in [1.29, 1.82) is 0 Å². The van der Waals surface area contributed by atoms with E-state index in [4.69, 9.17) is 0 Å². The van der Waals surface area contributed by atoms with Gasteiger partial charge in [0, 0.05) is 17.3 Å². The second-order valence-electron chi connectivity index (χ2n) is 3.77. The van der Waals surface area contributed by atoms with Gasteiger partial charge in [-0.2, -0.15) is 8.78 Å². The van der Waals surface area contributed by atoms with Gasteiger partial charge in [0.05, 0.1) is 0 Å². The van der Waals surface area contributed by atoms with Gasteiger partial charge >= 0.3 is 12.3 Å². The van der Waals surface area contributed by atoms with Gasteiger partial charge in [-0.25, -0.2) is 13.2 Å². The molecule has 0 radical (unpaired) electrons. The molecule has 1 nitrogen and oxygen atoms in total. The maximum atomic E-state index is 12.6. The quantitative estimate of drug-likeness (QED) is 0.404. The molecule has 0 fully saturated rings. The first-order valence-corrected chi connectivity index (χ1v) is 6.52. The minimum Gasteiger partial charge on any atom is -0.375 e. The van der Waals surface area contributed by atoms with Crippen LogP contribution in [0.5, 0.6) is 0 Å². The minimum absolute atomic E-state index is 0.0174. The highest BCUT2D eigenvalue weighted by atomic mass is 32.2. The number of ether oxygens (including phenoxy) is 1. The summed E-state index contributed by atoms with van der Waals surface area (Å²) >= 11 is 1.41. The third kappa shape index (κ3) is 6.24. The second kappa shape index (κ2) is 7.69. The molecule has 0 bridgehead atoms. The third-order valence-corrected chi connectivity index (χ3v) is 3.23. The summed E-state index contributed by atoms with van der Waals surface area (Å²) < 4.78 is 65.5. The van der Waals surface area contributed by atoms with Crippen LogP contribution in [0.1, 0.15) is 6.42 Å². The van der Waals surface area contributed by atoms with Crippen molar-refractivity contribution in [3.8, 4) is 0 Å². The molecule has 108 valence electrons. The van der Waals surface area contributed by atoms with Crippen molar-refractivity contribution < 1.29 is 26.7 Å². The summed E-state index contributed by atoms with van der Waals surface area (Å²) in [6.07, 6.45) is -3.26. The predicted molar refractivity (Wildman–Crippen MR) is 63.5 cm³/mol. The lowest BCUT2D eigenvalue weighted by Crippen LogP contribution is -2.32. The molecule has 0 atom stereocenters. The molecule has 0 unspecified atom stereocenters. The Bertz CT molecular complexity index is 369. The molecular formula is C12H13F5OS. The van der Waals surface area contributed by atoms with Crippen LogP contribution in [-0.2, 0) is 4.74 Å². The Hall–Kier alpha value is -0.820. The Kier molecular flexibility index (Phi) is 6.57. The maximum absolute atomic E-state index is 12.6. The van der Waals surface area contributed by atoms with Crippen LogP contribution in [0.2, 0.25) is 0 Å². The summed E-state index contributed by atoms with van der Waals surface area (Å²) in [5, 5.41) is 0. The number of hydrogen-bond acceptors (Lipinski definition) is 2. The van der Waals surface area contributed by atoms with Crippen molar-refractivity contribution in [2.75, 3.05) is 19.0 Å². The standard InChI is InChI=1S/C12H13F5OS/c13-9-2-4-10(5-3-9)19-7-1-6-18-8-12(16,17)11(14)15/h2-5,11H,1,6-8H2. The lowest BCUT2D eigenvalue weighted by Gasteiger charge is -2.14. The van der Waals surface area contributed by atoms with Gasteiger partial charge in [0.1, 0.15) is 12.4 Å². The number of alkyl halides is 4. The second-order valence-corrected chi connectivity index (χ2v) is 4.94. The Morgan fingerprint density at radius 3 is 2.37 bits per heavy atom. The monoisotopic (exact) mass is 300 g/mol. The fourth-order valence-corrected chi connectivity index (χ4v) is 1.98. The van der Waals surface area contributed by atoms with Gasteiger partial charge in [-0.05, 0) is 30.7 Å². The molecule has 1 rings (SSSR count). The number of halogens is 5. The van der Waals surface area contributed by atoms with Crippen molar-refractivity contribution in [2.45, 2.75) is 23.7 Å². The van der Waals surface area contributed by atoms with Crippen molar-refractivity contribution in [3.63, 3.8) is 0 Å². The molecule has 0 heterocycles. The van der Waals surface area contributed by atoms with E-state index in [0.717, 1.165) is 4.90 Å². The predicted octanol–water partition coefficient (Wildman–Crippen LogP) is 4.22. The average Bonchev–Trinajstić information content (AvgIpc) is 2.35. The zero-order chi connectivity index (χ0) is 14.3. The summed E-state index contributed by atoms with van der Waals surface area (Å²) in [5.74, 6) is -3.85. The molecule has 0 spiro atoms. The normalized spacial score (nSPS) is 12.1. The van der Waals surface area contributed by atoms with Gasteiger partial charge in [0.25, 0.3) is 0 Å². The SMILES string of the molecule is Fc1ccc(SCCCOCC(F)(F)C(F)F)cc1. The van der Waals surface area contributed by atoms with Crippen LogP contribution in [0.25, 0.3) is 0 Å². The minimum atomic E-state index is -4.09. The Morgan fingerprint density at radius 1 is 1.16 bits per heavy atom. The Morgan fingerprint density at radius 2 is 1.79 bits per heavy atom. The Balaban J connectivity index is 2.10. The van der Waals surface area contributed by atoms with E-state index in [2.05, 4.69) is 4.74 Å². The fraction of sp³-hybridized carbons (Fsp3) is 0.500. The zero-order valence-electron chi connectivity index (χ0n) is 9.92. The topological polar surface area (TPSA) is 9.23 Å². The highest BCUT2D eigenvalue weighted by Gasteiger charge is 2.40. The highest BCUT2D eigenvalue weighted by Crippen LogP contribution is 2.23. The van der Waals surface area contributed by atoms with E-state index in [0.29, 0.717) is 12.2 Å². The van der Waals surface area contributed by atoms with Crippen LogP contribution in [0.15, 0.2) is 29.2 Å². The number of hydrogen-bond donors (Lipinski definition) is 0. The van der Waals surface area contributed by atoms with E-state index < -0.39 is 19.0 Å². The molecule has 19 heavy (non-hydrogen) atoms. The average molecular weight is 300 g/mol. The molecule has 1 aromatic carbocycles. The van der Waals surface area contributed by atoms with Gasteiger partial charge in [-0.15, -0.1) is 11.8 Å². The summed E-state index contributed by atoms with van der Waals surface area (Å²) in [5.41, 5.74) is 0. The molecule has 0 aliphatic carbocycles. The van der Waals surface area contributed by atoms with E-state index in [1.807, 2.05) is 0 Å². The van der Waals surface area contributed by atoms with Crippen LogP contribution < -0.4 is 0 Å². The maximum Gasteiger partial charge on any atom is 0.330 e. The van der Waals surface area contributed by atoms with Crippen LogP contribution in [0.4, 0.5) is 22.0 Å². The van der Waals surface area contributed by atoms with E-state index in [-0.39, 0.29) is 12.4 Å². The van der Waals surface area contributed by atoms with Crippen LogP contribution >= 0.6 is 11.8 Å². The smallest absolute Gasteiger partial charge is 0.330 e. The van der Waals surface area contributed by atoms with E-state index in [1.165, 1.54) is 23.9 Å². The molecule has 0 saturated carbocycles. The van der Waals surface area contributed by atoms with Gasteiger partial charge in [0.2, 0.25) is 0 Å². The third-order valence-electron chi connectivity index (χ3n) is 2.13. The molecular weight excluding hydrogens is 287 g/mol. The lowest BCUT2D eigenvalue weighted by atomic mass is 10.4. The molecule has 0 aromatic heterocycles. The first kappa shape index (κ1) is 16.2. The van der Waals surface area contributed by atoms with E-state index in [1.54, 1.807) is 12.1 Å². The van der Waals surface area contributed by atoms with Crippen LogP contribution in [0, 0.1) is 5.82 Å². The molecule has 1 aromatic rings. The molecule has 7 heteroatoms. The summed E-state index contributed by atoms with van der Waals surface area (Å²) in [7, 11) is 0.